The lowest BCUT2D eigenvalue weighted by molar-refractivity contribution is -0.112. The predicted octanol–water partition coefficient (Wildman–Crippen LogP) is 1.35. The minimum Gasteiger partial charge on any atom is -0.306 e. The van der Waals surface area contributed by atoms with Crippen LogP contribution in [0.5, 0.6) is 0 Å². The van der Waals surface area contributed by atoms with E-state index < -0.39 is 0 Å². The van der Waals surface area contributed by atoms with Crippen LogP contribution in [0.1, 0.15) is 34.1 Å². The molecule has 0 radical (unpaired) electrons. The van der Waals surface area contributed by atoms with Gasteiger partial charge < -0.3 is 10.1 Å². The van der Waals surface area contributed by atoms with Gasteiger partial charge >= 0.3 is 0 Å². The highest BCUT2D eigenvalue weighted by atomic mass is 16.1. The molecule has 0 aromatic rings. The molecule has 1 N–H and O–H groups in total. The fourth-order valence-electron chi connectivity index (χ4n) is 2.04. The van der Waals surface area contributed by atoms with E-state index in [0.717, 1.165) is 12.7 Å². The lowest BCUT2D eigenvalue weighted by Crippen LogP contribution is -2.45. The van der Waals surface area contributed by atoms with Gasteiger partial charge in [-0.05, 0) is 34.1 Å². The van der Waals surface area contributed by atoms with Gasteiger partial charge in [-0.25, -0.2) is 0 Å². The molecule has 0 spiro atoms. The molecule has 1 heterocycles. The van der Waals surface area contributed by atoms with E-state index in [-0.39, 0.29) is 17.0 Å². The molecule has 2 nitrogen and oxygen atoms in total. The highest BCUT2D eigenvalue weighted by Crippen LogP contribution is 2.33. The Kier molecular flexibility index (Phi) is 1.83. The van der Waals surface area contributed by atoms with Crippen LogP contribution in [-0.4, -0.2) is 17.4 Å². The van der Waals surface area contributed by atoms with Gasteiger partial charge in [0.1, 0.15) is 6.29 Å². The summed E-state index contributed by atoms with van der Waals surface area (Å²) in [7, 11) is 0. The number of hydrogen-bond donors (Lipinski definition) is 1. The van der Waals surface area contributed by atoms with Gasteiger partial charge in [-0.1, -0.05) is 0 Å². The number of hydrogen-bond acceptors (Lipinski definition) is 2. The Labute approximate surface area is 68.4 Å². The van der Waals surface area contributed by atoms with Crippen LogP contribution >= 0.6 is 0 Å². The molecule has 1 aliphatic heterocycles. The number of rotatable bonds is 1. The Balaban J connectivity index is 2.79. The van der Waals surface area contributed by atoms with E-state index in [0.29, 0.717) is 0 Å². The van der Waals surface area contributed by atoms with E-state index in [2.05, 4.69) is 33.0 Å². The summed E-state index contributed by atoms with van der Waals surface area (Å²) in [6.45, 7) is 8.44. The van der Waals surface area contributed by atoms with Gasteiger partial charge in [0.25, 0.3) is 0 Å². The second-order valence-electron chi connectivity index (χ2n) is 4.68. The molecule has 1 fully saturated rings. The minimum absolute atomic E-state index is 0.0226. The van der Waals surface area contributed by atoms with Gasteiger partial charge in [-0.2, -0.15) is 0 Å². The lowest BCUT2D eigenvalue weighted by atomic mass is 9.88. The highest BCUT2D eigenvalue weighted by molar-refractivity contribution is 5.57. The third-order valence-corrected chi connectivity index (χ3v) is 2.48. The smallest absolute Gasteiger partial charge is 0.124 e. The van der Waals surface area contributed by atoms with E-state index in [1.54, 1.807) is 0 Å². The molecule has 0 aliphatic carbocycles. The molecule has 64 valence electrons. The molecule has 0 bridgehead atoms. The molecule has 1 unspecified atom stereocenters. The molecule has 0 amide bonds. The molecule has 0 aromatic heterocycles. The summed E-state index contributed by atoms with van der Waals surface area (Å²) in [5, 5.41) is 3.44. The summed E-state index contributed by atoms with van der Waals surface area (Å²) in [6.07, 6.45) is 2.02. The molecule has 0 aromatic carbocycles. The molecule has 11 heavy (non-hydrogen) atoms. The van der Waals surface area contributed by atoms with Gasteiger partial charge in [0.2, 0.25) is 0 Å². The first-order valence-electron chi connectivity index (χ1n) is 4.12. The van der Waals surface area contributed by atoms with Gasteiger partial charge in [0, 0.05) is 17.0 Å². The first kappa shape index (κ1) is 8.72. The van der Waals surface area contributed by atoms with Gasteiger partial charge in [0.05, 0.1) is 0 Å². The molecule has 2 heteroatoms. The molecular weight excluding hydrogens is 138 g/mol. The summed E-state index contributed by atoms with van der Waals surface area (Å²) < 4.78 is 0. The van der Waals surface area contributed by atoms with Crippen molar-refractivity contribution in [2.24, 2.45) is 5.92 Å². The van der Waals surface area contributed by atoms with Crippen LogP contribution < -0.4 is 5.32 Å². The Hall–Kier alpha value is -0.370. The van der Waals surface area contributed by atoms with Gasteiger partial charge in [0.15, 0.2) is 0 Å². The van der Waals surface area contributed by atoms with E-state index in [1.807, 2.05) is 0 Å². The Bertz CT molecular complexity index is 172. The van der Waals surface area contributed by atoms with Crippen LogP contribution in [0.3, 0.4) is 0 Å². The largest absolute Gasteiger partial charge is 0.306 e. The fourth-order valence-corrected chi connectivity index (χ4v) is 2.04. The first-order chi connectivity index (χ1) is 4.87. The molecule has 1 rings (SSSR count). The van der Waals surface area contributed by atoms with Crippen LogP contribution in [0, 0.1) is 5.92 Å². The molecular formula is C9H17NO. The zero-order valence-electron chi connectivity index (χ0n) is 7.77. The van der Waals surface area contributed by atoms with E-state index in [4.69, 9.17) is 0 Å². The zero-order chi connectivity index (χ0) is 8.70. The van der Waals surface area contributed by atoms with E-state index >= 15 is 0 Å². The van der Waals surface area contributed by atoms with Crippen LogP contribution in [0.2, 0.25) is 0 Å². The van der Waals surface area contributed by atoms with Gasteiger partial charge in [-0.3, -0.25) is 0 Å². The Morgan fingerprint density at radius 3 is 2.09 bits per heavy atom. The fraction of sp³-hybridized carbons (Fsp3) is 0.889. The molecule has 1 saturated heterocycles. The SMILES string of the molecule is CC1(C)CC(C=O)C(C)(C)N1. The summed E-state index contributed by atoms with van der Waals surface area (Å²) in [5.74, 6) is 0.164. The van der Waals surface area contributed by atoms with Crippen LogP contribution in [0.25, 0.3) is 0 Å². The van der Waals surface area contributed by atoms with Gasteiger partial charge in [-0.15, -0.1) is 0 Å². The maximum atomic E-state index is 10.7. The van der Waals surface area contributed by atoms with Crippen molar-refractivity contribution in [3.05, 3.63) is 0 Å². The predicted molar refractivity (Wildman–Crippen MR) is 45.5 cm³/mol. The van der Waals surface area contributed by atoms with Crippen molar-refractivity contribution < 1.29 is 4.79 Å². The van der Waals surface area contributed by atoms with E-state index in [9.17, 15) is 4.79 Å². The quantitative estimate of drug-likeness (QED) is 0.579. The molecule has 1 atom stereocenters. The van der Waals surface area contributed by atoms with Crippen molar-refractivity contribution in [3.63, 3.8) is 0 Å². The van der Waals surface area contributed by atoms with Crippen molar-refractivity contribution in [3.8, 4) is 0 Å². The zero-order valence-corrected chi connectivity index (χ0v) is 7.77. The second-order valence-corrected chi connectivity index (χ2v) is 4.68. The van der Waals surface area contributed by atoms with Crippen LogP contribution in [-0.2, 0) is 4.79 Å². The summed E-state index contributed by atoms with van der Waals surface area (Å²) in [6, 6.07) is 0. The number of aldehydes is 1. The summed E-state index contributed by atoms with van der Waals surface area (Å²) in [4.78, 5) is 10.7. The third kappa shape index (κ3) is 1.62. The van der Waals surface area contributed by atoms with Crippen LogP contribution in [0.15, 0.2) is 0 Å². The van der Waals surface area contributed by atoms with Crippen molar-refractivity contribution >= 4 is 6.29 Å². The van der Waals surface area contributed by atoms with E-state index in [1.165, 1.54) is 0 Å². The number of carbonyl (C=O) groups excluding carboxylic acids is 1. The van der Waals surface area contributed by atoms with Crippen molar-refractivity contribution in [1.82, 2.24) is 5.32 Å². The average molecular weight is 155 g/mol. The lowest BCUT2D eigenvalue weighted by Gasteiger charge is -2.26. The normalized spacial score (nSPS) is 33.6. The second kappa shape index (κ2) is 2.31. The third-order valence-electron chi connectivity index (χ3n) is 2.48. The highest BCUT2D eigenvalue weighted by Gasteiger charge is 2.43. The Morgan fingerprint density at radius 1 is 1.36 bits per heavy atom. The van der Waals surface area contributed by atoms with Crippen molar-refractivity contribution in [2.75, 3.05) is 0 Å². The Morgan fingerprint density at radius 2 is 1.91 bits per heavy atom. The average Bonchev–Trinajstić information content (AvgIpc) is 1.99. The summed E-state index contributed by atoms with van der Waals surface area (Å²) >= 11 is 0. The monoisotopic (exact) mass is 155 g/mol. The number of carbonyl (C=O) groups is 1. The van der Waals surface area contributed by atoms with Crippen LogP contribution in [0.4, 0.5) is 0 Å². The first-order valence-corrected chi connectivity index (χ1v) is 4.12. The number of nitrogens with one attached hydrogen (secondary N) is 1. The summed E-state index contributed by atoms with van der Waals surface area (Å²) in [5.41, 5.74) is 0.0975. The standard InChI is InChI=1S/C9H17NO/c1-8(2)5-7(6-11)9(3,4)10-8/h6-7,10H,5H2,1-4H3. The molecule has 1 aliphatic rings. The maximum Gasteiger partial charge on any atom is 0.124 e. The minimum atomic E-state index is -0.0226. The van der Waals surface area contributed by atoms with Crippen molar-refractivity contribution in [2.45, 2.75) is 45.2 Å². The van der Waals surface area contributed by atoms with Crippen molar-refractivity contribution in [1.29, 1.82) is 0 Å². The topological polar surface area (TPSA) is 29.1 Å². The molecule has 0 saturated carbocycles. The maximum absolute atomic E-state index is 10.7.